The molecule has 0 aromatic carbocycles. The first-order valence-electron chi connectivity index (χ1n) is 5.62. The largest absolute Gasteiger partial charge is 0.480 e. The first kappa shape index (κ1) is 14.9. The monoisotopic (exact) mass is 278 g/mol. The lowest BCUT2D eigenvalue weighted by Crippen LogP contribution is -2.50. The normalized spacial score (nSPS) is 22.7. The topological polar surface area (TPSA) is 95.0 Å². The van der Waals surface area contributed by atoms with E-state index in [2.05, 4.69) is 0 Å². The molecule has 0 saturated carbocycles. The number of carbonyl (C=O) groups excluding carboxylic acids is 1. The van der Waals surface area contributed by atoms with Gasteiger partial charge in [0, 0.05) is 13.6 Å². The van der Waals surface area contributed by atoms with Crippen LogP contribution in [0.2, 0.25) is 0 Å². The minimum absolute atomic E-state index is 0.310. The van der Waals surface area contributed by atoms with Crippen LogP contribution in [-0.4, -0.2) is 66.5 Å². The van der Waals surface area contributed by atoms with Gasteiger partial charge in [0.05, 0.1) is 6.26 Å². The van der Waals surface area contributed by atoms with Crippen molar-refractivity contribution in [3.63, 3.8) is 0 Å². The molecule has 1 saturated heterocycles. The summed E-state index contributed by atoms with van der Waals surface area (Å²) in [6.45, 7) is 1.70. The third-order valence-corrected chi connectivity index (χ3v) is 4.49. The van der Waals surface area contributed by atoms with Crippen LogP contribution < -0.4 is 0 Å². The van der Waals surface area contributed by atoms with Crippen molar-refractivity contribution in [2.24, 2.45) is 0 Å². The fourth-order valence-corrected chi connectivity index (χ4v) is 3.09. The zero-order valence-corrected chi connectivity index (χ0v) is 11.5. The summed E-state index contributed by atoms with van der Waals surface area (Å²) in [7, 11) is -2.06. The van der Waals surface area contributed by atoms with Gasteiger partial charge in [-0.2, -0.15) is 4.31 Å². The predicted octanol–water partition coefficient (Wildman–Crippen LogP) is -0.658. The maximum Gasteiger partial charge on any atom is 0.326 e. The SMILES string of the molecule is C[C@@H](C(=O)O)N(C)C(=O)[C@H]1CCCN1S(C)(=O)=O. The van der Waals surface area contributed by atoms with Gasteiger partial charge in [0.1, 0.15) is 12.1 Å². The van der Waals surface area contributed by atoms with Crippen LogP contribution >= 0.6 is 0 Å². The predicted molar refractivity (Wildman–Crippen MR) is 64.4 cm³/mol. The fraction of sp³-hybridized carbons (Fsp3) is 0.800. The quantitative estimate of drug-likeness (QED) is 0.736. The Bertz CT molecular complexity index is 447. The lowest BCUT2D eigenvalue weighted by molar-refractivity contribution is -0.149. The van der Waals surface area contributed by atoms with E-state index in [0.29, 0.717) is 19.4 Å². The Kier molecular flexibility index (Phi) is 4.33. The van der Waals surface area contributed by atoms with Crippen molar-refractivity contribution in [2.45, 2.75) is 31.8 Å². The van der Waals surface area contributed by atoms with Gasteiger partial charge in [0.2, 0.25) is 15.9 Å². The molecule has 1 aliphatic rings. The molecule has 0 spiro atoms. The maximum absolute atomic E-state index is 12.1. The molecule has 0 bridgehead atoms. The van der Waals surface area contributed by atoms with Crippen molar-refractivity contribution in [3.8, 4) is 0 Å². The molecule has 7 nitrogen and oxygen atoms in total. The highest BCUT2D eigenvalue weighted by atomic mass is 32.2. The third kappa shape index (κ3) is 2.99. The Balaban J connectivity index is 2.87. The highest BCUT2D eigenvalue weighted by molar-refractivity contribution is 7.88. The zero-order chi connectivity index (χ0) is 14.1. The third-order valence-electron chi connectivity index (χ3n) is 3.20. The summed E-state index contributed by atoms with van der Waals surface area (Å²) in [5.74, 6) is -1.58. The summed E-state index contributed by atoms with van der Waals surface area (Å²) in [5, 5.41) is 8.84. The van der Waals surface area contributed by atoms with Crippen LogP contribution in [0.15, 0.2) is 0 Å². The molecule has 0 aromatic heterocycles. The molecule has 1 fully saturated rings. The number of aliphatic carboxylic acids is 1. The molecule has 0 radical (unpaired) electrons. The molecule has 1 aliphatic heterocycles. The molecule has 1 N–H and O–H groups in total. The number of sulfonamides is 1. The second kappa shape index (κ2) is 5.23. The van der Waals surface area contributed by atoms with E-state index < -0.39 is 34.0 Å². The fourth-order valence-electron chi connectivity index (χ4n) is 1.98. The van der Waals surface area contributed by atoms with Gasteiger partial charge in [-0.25, -0.2) is 13.2 Å². The number of carboxylic acids is 1. The van der Waals surface area contributed by atoms with Gasteiger partial charge in [0.15, 0.2) is 0 Å². The molecule has 0 aromatic rings. The van der Waals surface area contributed by atoms with Crippen LogP contribution in [0.1, 0.15) is 19.8 Å². The van der Waals surface area contributed by atoms with Crippen molar-refractivity contribution in [2.75, 3.05) is 19.8 Å². The van der Waals surface area contributed by atoms with E-state index in [1.54, 1.807) is 0 Å². The molecule has 1 rings (SSSR count). The molecule has 1 amide bonds. The highest BCUT2D eigenvalue weighted by Gasteiger charge is 2.39. The van der Waals surface area contributed by atoms with Crippen molar-refractivity contribution < 1.29 is 23.1 Å². The van der Waals surface area contributed by atoms with Gasteiger partial charge in [0.25, 0.3) is 0 Å². The molecular weight excluding hydrogens is 260 g/mol. The number of likely N-dealkylation sites (N-methyl/N-ethyl adjacent to an activating group) is 1. The lowest BCUT2D eigenvalue weighted by Gasteiger charge is -2.28. The molecule has 1 heterocycles. The smallest absolute Gasteiger partial charge is 0.326 e. The van der Waals surface area contributed by atoms with Crippen LogP contribution in [-0.2, 0) is 19.6 Å². The second-order valence-corrected chi connectivity index (χ2v) is 6.43. The van der Waals surface area contributed by atoms with Crippen molar-refractivity contribution in [1.29, 1.82) is 0 Å². The van der Waals surface area contributed by atoms with Gasteiger partial charge in [-0.05, 0) is 19.8 Å². The Hall–Kier alpha value is -1.15. The highest BCUT2D eigenvalue weighted by Crippen LogP contribution is 2.22. The number of hydrogen-bond acceptors (Lipinski definition) is 4. The summed E-state index contributed by atoms with van der Waals surface area (Å²) in [6, 6.07) is -1.74. The summed E-state index contributed by atoms with van der Waals surface area (Å²) >= 11 is 0. The number of rotatable bonds is 4. The minimum atomic E-state index is -3.44. The summed E-state index contributed by atoms with van der Waals surface area (Å²) in [4.78, 5) is 24.0. The van der Waals surface area contributed by atoms with Crippen molar-refractivity contribution in [1.82, 2.24) is 9.21 Å². The van der Waals surface area contributed by atoms with E-state index in [0.717, 1.165) is 15.5 Å². The van der Waals surface area contributed by atoms with E-state index in [4.69, 9.17) is 5.11 Å². The van der Waals surface area contributed by atoms with E-state index in [1.165, 1.54) is 14.0 Å². The molecular formula is C10H18N2O5S. The van der Waals surface area contributed by atoms with Crippen molar-refractivity contribution in [3.05, 3.63) is 0 Å². The number of carboxylic acid groups (broad SMARTS) is 1. The molecule has 18 heavy (non-hydrogen) atoms. The Morgan fingerprint density at radius 2 is 2.00 bits per heavy atom. The Morgan fingerprint density at radius 1 is 1.44 bits per heavy atom. The van der Waals surface area contributed by atoms with Crippen LogP contribution in [0, 0.1) is 0 Å². The summed E-state index contributed by atoms with van der Waals surface area (Å²) in [6.07, 6.45) is 2.10. The lowest BCUT2D eigenvalue weighted by atomic mass is 10.2. The van der Waals surface area contributed by atoms with Gasteiger partial charge >= 0.3 is 5.97 Å². The zero-order valence-electron chi connectivity index (χ0n) is 10.7. The van der Waals surface area contributed by atoms with Crippen LogP contribution in [0.25, 0.3) is 0 Å². The van der Waals surface area contributed by atoms with Crippen molar-refractivity contribution >= 4 is 21.9 Å². The molecule has 2 atom stereocenters. The molecule has 104 valence electrons. The molecule has 0 aliphatic carbocycles. The van der Waals surface area contributed by atoms with E-state index in [9.17, 15) is 18.0 Å². The average molecular weight is 278 g/mol. The maximum atomic E-state index is 12.1. The number of nitrogens with zero attached hydrogens (tertiary/aromatic N) is 2. The number of hydrogen-bond donors (Lipinski definition) is 1. The van der Waals surface area contributed by atoms with Gasteiger partial charge in [-0.1, -0.05) is 0 Å². The van der Waals surface area contributed by atoms with Gasteiger partial charge in [-0.3, -0.25) is 4.79 Å². The van der Waals surface area contributed by atoms with Gasteiger partial charge in [-0.15, -0.1) is 0 Å². The Labute approximate surface area is 106 Å². The summed E-state index contributed by atoms with van der Waals surface area (Å²) < 4.78 is 24.2. The van der Waals surface area contributed by atoms with Crippen LogP contribution in [0.5, 0.6) is 0 Å². The van der Waals surface area contributed by atoms with E-state index in [-0.39, 0.29) is 0 Å². The van der Waals surface area contributed by atoms with E-state index >= 15 is 0 Å². The standard InChI is InChI=1S/C10H18N2O5S/c1-7(10(14)15)11(2)9(13)8-5-4-6-12(8)18(3,16)17/h7-8H,4-6H2,1-3H3,(H,14,15)/t7-,8+/m0/s1. The molecule has 8 heteroatoms. The Morgan fingerprint density at radius 3 is 2.44 bits per heavy atom. The minimum Gasteiger partial charge on any atom is -0.480 e. The number of amides is 1. The second-order valence-electron chi connectivity index (χ2n) is 4.50. The van der Waals surface area contributed by atoms with Crippen LogP contribution in [0.4, 0.5) is 0 Å². The summed E-state index contributed by atoms with van der Waals surface area (Å²) in [5.41, 5.74) is 0. The first-order valence-corrected chi connectivity index (χ1v) is 7.47. The van der Waals surface area contributed by atoms with E-state index in [1.807, 2.05) is 0 Å². The van der Waals surface area contributed by atoms with Gasteiger partial charge < -0.3 is 10.0 Å². The molecule has 0 unspecified atom stereocenters. The average Bonchev–Trinajstić information content (AvgIpc) is 2.74. The van der Waals surface area contributed by atoms with Crippen LogP contribution in [0.3, 0.4) is 0 Å². The first-order chi connectivity index (χ1) is 8.16. The number of carbonyl (C=O) groups is 2.